The van der Waals surface area contributed by atoms with Gasteiger partial charge in [0.2, 0.25) is 5.91 Å². The van der Waals surface area contributed by atoms with Crippen molar-refractivity contribution in [3.63, 3.8) is 0 Å². The van der Waals surface area contributed by atoms with Crippen molar-refractivity contribution in [3.8, 4) is 0 Å². The average Bonchev–Trinajstić information content (AvgIpc) is 2.92. The van der Waals surface area contributed by atoms with Gasteiger partial charge in [-0.05, 0) is 25.0 Å². The number of hydrogen-bond acceptors (Lipinski definition) is 4. The van der Waals surface area contributed by atoms with E-state index in [1.807, 2.05) is 4.90 Å². The summed E-state index contributed by atoms with van der Waals surface area (Å²) < 4.78 is 0. The Morgan fingerprint density at radius 1 is 1.42 bits per heavy atom. The topological polar surface area (TPSA) is 73.7 Å². The number of carboxylic acid groups (broad SMARTS) is 1. The van der Waals surface area contributed by atoms with Gasteiger partial charge in [-0.3, -0.25) is 4.79 Å². The van der Waals surface area contributed by atoms with Crippen LogP contribution in [0.4, 0.5) is 5.82 Å². The second-order valence-corrected chi connectivity index (χ2v) is 4.65. The van der Waals surface area contributed by atoms with Crippen LogP contribution >= 0.6 is 0 Å². The molecule has 1 aliphatic heterocycles. The molecular formula is C13H17N3O3. The largest absolute Gasteiger partial charge is 0.478 e. The number of aromatic carboxylic acids is 1. The third kappa shape index (κ3) is 3.21. The van der Waals surface area contributed by atoms with Gasteiger partial charge in [0.25, 0.3) is 0 Å². The van der Waals surface area contributed by atoms with Crippen LogP contribution in [0.5, 0.6) is 0 Å². The quantitative estimate of drug-likeness (QED) is 0.871. The summed E-state index contributed by atoms with van der Waals surface area (Å²) in [6.45, 7) is 1.85. The Labute approximate surface area is 111 Å². The fourth-order valence-electron chi connectivity index (χ4n) is 2.11. The molecular weight excluding hydrogens is 246 g/mol. The van der Waals surface area contributed by atoms with Crippen LogP contribution in [-0.2, 0) is 4.79 Å². The van der Waals surface area contributed by atoms with Crippen molar-refractivity contribution in [1.29, 1.82) is 0 Å². The first-order chi connectivity index (χ1) is 9.08. The Balaban J connectivity index is 2.02. The fourth-order valence-corrected chi connectivity index (χ4v) is 2.11. The maximum absolute atomic E-state index is 12.0. The second-order valence-electron chi connectivity index (χ2n) is 4.65. The number of amides is 1. The molecule has 0 aliphatic carbocycles. The molecule has 1 fully saturated rings. The molecule has 0 radical (unpaired) electrons. The molecule has 6 heteroatoms. The Morgan fingerprint density at radius 3 is 2.74 bits per heavy atom. The molecule has 0 bridgehead atoms. The van der Waals surface area contributed by atoms with Crippen LogP contribution in [0.15, 0.2) is 18.3 Å². The van der Waals surface area contributed by atoms with E-state index < -0.39 is 5.97 Å². The Bertz CT molecular complexity index is 484. The van der Waals surface area contributed by atoms with Crippen LogP contribution in [0, 0.1) is 0 Å². The summed E-state index contributed by atoms with van der Waals surface area (Å²) in [6.07, 6.45) is 3.56. The van der Waals surface area contributed by atoms with Gasteiger partial charge in [-0.2, -0.15) is 0 Å². The van der Waals surface area contributed by atoms with Crippen molar-refractivity contribution >= 4 is 17.7 Å². The minimum atomic E-state index is -0.997. The highest BCUT2D eigenvalue weighted by Crippen LogP contribution is 2.13. The van der Waals surface area contributed by atoms with Crippen molar-refractivity contribution < 1.29 is 14.7 Å². The molecule has 0 saturated carbocycles. The van der Waals surface area contributed by atoms with Crippen LogP contribution in [0.1, 0.15) is 23.2 Å². The van der Waals surface area contributed by atoms with E-state index in [9.17, 15) is 9.59 Å². The number of nitrogens with zero attached hydrogens (tertiary/aromatic N) is 3. The minimum absolute atomic E-state index is 0.0579. The van der Waals surface area contributed by atoms with Gasteiger partial charge in [0.05, 0.1) is 12.1 Å². The highest BCUT2D eigenvalue weighted by Gasteiger charge is 2.19. The SMILES string of the molecule is CN(CC(=O)N1CCCC1)c1cc(C(=O)O)ccn1. The summed E-state index contributed by atoms with van der Waals surface area (Å²) in [5.74, 6) is -0.446. The molecule has 0 unspecified atom stereocenters. The van der Waals surface area contributed by atoms with E-state index in [0.29, 0.717) is 5.82 Å². The number of likely N-dealkylation sites (N-methyl/N-ethyl adjacent to an activating group) is 1. The molecule has 1 aromatic rings. The minimum Gasteiger partial charge on any atom is -0.478 e. The van der Waals surface area contributed by atoms with E-state index in [4.69, 9.17) is 5.11 Å². The lowest BCUT2D eigenvalue weighted by Crippen LogP contribution is -2.37. The van der Waals surface area contributed by atoms with Gasteiger partial charge >= 0.3 is 5.97 Å². The standard InChI is InChI=1S/C13H17N3O3/c1-15(9-12(17)16-6-2-3-7-16)11-8-10(13(18)19)4-5-14-11/h4-5,8H,2-3,6-7,9H2,1H3,(H,18,19). The van der Waals surface area contributed by atoms with Gasteiger partial charge in [-0.25, -0.2) is 9.78 Å². The number of rotatable bonds is 4. The third-order valence-corrected chi connectivity index (χ3v) is 3.21. The molecule has 2 heterocycles. The van der Waals surface area contributed by atoms with Gasteiger partial charge < -0.3 is 14.9 Å². The fraction of sp³-hybridized carbons (Fsp3) is 0.462. The van der Waals surface area contributed by atoms with Crippen molar-refractivity contribution in [2.45, 2.75) is 12.8 Å². The molecule has 1 aromatic heterocycles. The zero-order valence-electron chi connectivity index (χ0n) is 10.9. The van der Waals surface area contributed by atoms with Crippen molar-refractivity contribution in [2.24, 2.45) is 0 Å². The van der Waals surface area contributed by atoms with Gasteiger partial charge in [-0.1, -0.05) is 0 Å². The summed E-state index contributed by atoms with van der Waals surface area (Å²) in [6, 6.07) is 2.90. The summed E-state index contributed by atoms with van der Waals surface area (Å²) >= 11 is 0. The van der Waals surface area contributed by atoms with Crippen molar-refractivity contribution in [3.05, 3.63) is 23.9 Å². The third-order valence-electron chi connectivity index (χ3n) is 3.21. The highest BCUT2D eigenvalue weighted by molar-refractivity contribution is 5.88. The van der Waals surface area contributed by atoms with Crippen molar-refractivity contribution in [2.75, 3.05) is 31.6 Å². The molecule has 1 N–H and O–H groups in total. The molecule has 1 saturated heterocycles. The molecule has 0 spiro atoms. The van der Waals surface area contributed by atoms with Gasteiger partial charge in [-0.15, -0.1) is 0 Å². The number of hydrogen-bond donors (Lipinski definition) is 1. The first-order valence-corrected chi connectivity index (χ1v) is 6.26. The van der Waals surface area contributed by atoms with E-state index in [-0.39, 0.29) is 18.0 Å². The summed E-state index contributed by atoms with van der Waals surface area (Å²) in [5.41, 5.74) is 0.172. The molecule has 1 aliphatic rings. The number of likely N-dealkylation sites (tertiary alicyclic amines) is 1. The predicted octanol–water partition coefficient (Wildman–Crippen LogP) is 0.838. The van der Waals surface area contributed by atoms with Crippen LogP contribution < -0.4 is 4.90 Å². The predicted molar refractivity (Wildman–Crippen MR) is 70.3 cm³/mol. The number of anilines is 1. The van der Waals surface area contributed by atoms with Gasteiger partial charge in [0, 0.05) is 26.3 Å². The Kier molecular flexibility index (Phi) is 3.99. The lowest BCUT2D eigenvalue weighted by molar-refractivity contribution is -0.128. The van der Waals surface area contributed by atoms with E-state index in [1.165, 1.54) is 18.3 Å². The highest BCUT2D eigenvalue weighted by atomic mass is 16.4. The zero-order chi connectivity index (χ0) is 13.8. The van der Waals surface area contributed by atoms with E-state index >= 15 is 0 Å². The molecule has 102 valence electrons. The molecule has 1 amide bonds. The van der Waals surface area contributed by atoms with E-state index in [1.54, 1.807) is 11.9 Å². The van der Waals surface area contributed by atoms with Crippen molar-refractivity contribution in [1.82, 2.24) is 9.88 Å². The summed E-state index contributed by atoms with van der Waals surface area (Å²) in [4.78, 5) is 30.5. The zero-order valence-corrected chi connectivity index (χ0v) is 10.9. The first-order valence-electron chi connectivity index (χ1n) is 6.26. The summed E-state index contributed by atoms with van der Waals surface area (Å²) in [7, 11) is 1.74. The monoisotopic (exact) mass is 263 g/mol. The van der Waals surface area contributed by atoms with Crippen LogP contribution in [0.2, 0.25) is 0 Å². The van der Waals surface area contributed by atoms with Gasteiger partial charge in [0.1, 0.15) is 5.82 Å². The lowest BCUT2D eigenvalue weighted by atomic mass is 10.2. The normalized spacial score (nSPS) is 14.5. The summed E-state index contributed by atoms with van der Waals surface area (Å²) in [5, 5.41) is 8.92. The average molecular weight is 263 g/mol. The van der Waals surface area contributed by atoms with Crippen LogP contribution in [-0.4, -0.2) is 53.5 Å². The number of carboxylic acids is 1. The lowest BCUT2D eigenvalue weighted by Gasteiger charge is -2.22. The van der Waals surface area contributed by atoms with E-state index in [0.717, 1.165) is 25.9 Å². The number of pyridine rings is 1. The molecule has 0 aromatic carbocycles. The van der Waals surface area contributed by atoms with Crippen LogP contribution in [0.25, 0.3) is 0 Å². The second kappa shape index (κ2) is 5.69. The van der Waals surface area contributed by atoms with Gasteiger partial charge in [0.15, 0.2) is 0 Å². The molecule has 6 nitrogen and oxygen atoms in total. The van der Waals surface area contributed by atoms with Crippen LogP contribution in [0.3, 0.4) is 0 Å². The smallest absolute Gasteiger partial charge is 0.335 e. The van der Waals surface area contributed by atoms with E-state index in [2.05, 4.69) is 4.98 Å². The maximum Gasteiger partial charge on any atom is 0.335 e. The molecule has 2 rings (SSSR count). The number of carbonyl (C=O) groups excluding carboxylic acids is 1. The number of aromatic nitrogens is 1. The molecule has 19 heavy (non-hydrogen) atoms. The maximum atomic E-state index is 12.0. The Hall–Kier alpha value is -2.11. The number of carbonyl (C=O) groups is 2. The molecule has 0 atom stereocenters. The first kappa shape index (κ1) is 13.3. The Morgan fingerprint density at radius 2 is 2.11 bits per heavy atom.